The van der Waals surface area contributed by atoms with Gasteiger partial charge in [0, 0.05) is 6.61 Å². The molecule has 2 N–H and O–H groups in total. The Morgan fingerprint density at radius 2 is 2.00 bits per heavy atom. The fourth-order valence-electron chi connectivity index (χ4n) is 0.717. The van der Waals surface area contributed by atoms with Crippen molar-refractivity contribution < 1.29 is 24.2 Å². The standard InChI is InChI=1S/C9H15NO5/c1-2-3-4-15-6-8(12)10-5-7(11)9(13)14/h2-6H2,1H3,(H,10,12)(H,13,14). The Morgan fingerprint density at radius 3 is 2.53 bits per heavy atom. The maximum absolute atomic E-state index is 11.0. The van der Waals surface area contributed by atoms with Gasteiger partial charge in [-0.25, -0.2) is 4.79 Å². The number of carboxylic acid groups (broad SMARTS) is 1. The average Bonchev–Trinajstić information content (AvgIpc) is 2.20. The molecule has 0 atom stereocenters. The Labute approximate surface area is 87.6 Å². The molecule has 0 rings (SSSR count). The van der Waals surface area contributed by atoms with Gasteiger partial charge in [-0.15, -0.1) is 0 Å². The van der Waals surface area contributed by atoms with Gasteiger partial charge in [0.2, 0.25) is 5.91 Å². The smallest absolute Gasteiger partial charge is 0.374 e. The van der Waals surface area contributed by atoms with Crippen LogP contribution in [0.3, 0.4) is 0 Å². The van der Waals surface area contributed by atoms with Crippen molar-refractivity contribution in [3.63, 3.8) is 0 Å². The summed E-state index contributed by atoms with van der Waals surface area (Å²) >= 11 is 0. The Kier molecular flexibility index (Phi) is 7.17. The first-order valence-corrected chi connectivity index (χ1v) is 4.68. The number of ether oxygens (including phenoxy) is 1. The van der Waals surface area contributed by atoms with E-state index in [2.05, 4.69) is 5.32 Å². The lowest BCUT2D eigenvalue weighted by atomic mass is 10.4. The van der Waals surface area contributed by atoms with Crippen LogP contribution in [-0.2, 0) is 19.1 Å². The zero-order chi connectivity index (χ0) is 11.7. The Bertz CT molecular complexity index is 239. The summed E-state index contributed by atoms with van der Waals surface area (Å²) in [7, 11) is 0. The van der Waals surface area contributed by atoms with Gasteiger partial charge in [-0.05, 0) is 6.42 Å². The van der Waals surface area contributed by atoms with Crippen LogP contribution in [0.1, 0.15) is 19.8 Å². The van der Waals surface area contributed by atoms with E-state index in [1.807, 2.05) is 6.92 Å². The predicted octanol–water partition coefficient (Wildman–Crippen LogP) is -0.427. The molecule has 0 aromatic carbocycles. The molecule has 0 radical (unpaired) electrons. The van der Waals surface area contributed by atoms with Crippen LogP contribution in [0, 0.1) is 0 Å². The van der Waals surface area contributed by atoms with E-state index in [0.29, 0.717) is 6.61 Å². The molecule has 6 nitrogen and oxygen atoms in total. The van der Waals surface area contributed by atoms with E-state index in [1.54, 1.807) is 0 Å². The highest BCUT2D eigenvalue weighted by Crippen LogP contribution is 1.87. The number of rotatable bonds is 8. The minimum absolute atomic E-state index is 0.146. The highest BCUT2D eigenvalue weighted by atomic mass is 16.5. The fraction of sp³-hybridized carbons (Fsp3) is 0.667. The lowest BCUT2D eigenvalue weighted by Gasteiger charge is -2.03. The van der Waals surface area contributed by atoms with Crippen molar-refractivity contribution in [1.29, 1.82) is 0 Å². The molecule has 6 heteroatoms. The van der Waals surface area contributed by atoms with Gasteiger partial charge >= 0.3 is 5.97 Å². The van der Waals surface area contributed by atoms with E-state index in [1.165, 1.54) is 0 Å². The van der Waals surface area contributed by atoms with E-state index in [-0.39, 0.29) is 6.61 Å². The van der Waals surface area contributed by atoms with E-state index in [9.17, 15) is 14.4 Å². The van der Waals surface area contributed by atoms with Crippen LogP contribution in [-0.4, -0.2) is 42.5 Å². The molecule has 0 saturated carbocycles. The minimum Gasteiger partial charge on any atom is -0.475 e. The second-order valence-electron chi connectivity index (χ2n) is 2.91. The maximum atomic E-state index is 11.0. The van der Waals surface area contributed by atoms with Crippen molar-refractivity contribution in [2.75, 3.05) is 19.8 Å². The van der Waals surface area contributed by atoms with Crippen LogP contribution in [0.2, 0.25) is 0 Å². The largest absolute Gasteiger partial charge is 0.475 e. The zero-order valence-corrected chi connectivity index (χ0v) is 8.62. The SMILES string of the molecule is CCCCOCC(=O)NCC(=O)C(=O)O. The molecule has 0 aliphatic carbocycles. The molecule has 0 aromatic heterocycles. The van der Waals surface area contributed by atoms with Gasteiger partial charge < -0.3 is 15.2 Å². The molecule has 86 valence electrons. The van der Waals surface area contributed by atoms with Crippen LogP contribution in [0.25, 0.3) is 0 Å². The van der Waals surface area contributed by atoms with E-state index in [4.69, 9.17) is 9.84 Å². The summed E-state index contributed by atoms with van der Waals surface area (Å²) in [5.41, 5.74) is 0. The van der Waals surface area contributed by atoms with E-state index >= 15 is 0 Å². The van der Waals surface area contributed by atoms with Crippen LogP contribution >= 0.6 is 0 Å². The molecule has 1 amide bonds. The van der Waals surface area contributed by atoms with Crippen LogP contribution < -0.4 is 5.32 Å². The third-order valence-electron chi connectivity index (χ3n) is 1.56. The fourth-order valence-corrected chi connectivity index (χ4v) is 0.717. The second-order valence-corrected chi connectivity index (χ2v) is 2.91. The Hall–Kier alpha value is -1.43. The molecule has 0 aromatic rings. The summed E-state index contributed by atoms with van der Waals surface area (Å²) in [5, 5.41) is 10.4. The molecular formula is C9H15NO5. The van der Waals surface area contributed by atoms with Gasteiger partial charge in [0.15, 0.2) is 0 Å². The average molecular weight is 217 g/mol. The van der Waals surface area contributed by atoms with Crippen molar-refractivity contribution in [3.8, 4) is 0 Å². The van der Waals surface area contributed by atoms with Crippen molar-refractivity contribution in [1.82, 2.24) is 5.32 Å². The number of carboxylic acids is 1. The van der Waals surface area contributed by atoms with Crippen LogP contribution in [0.4, 0.5) is 0 Å². The number of aliphatic carboxylic acids is 1. The molecule has 0 aliphatic rings. The number of hydrogen-bond donors (Lipinski definition) is 2. The number of carbonyl (C=O) groups excluding carboxylic acids is 2. The normalized spacial score (nSPS) is 9.67. The maximum Gasteiger partial charge on any atom is 0.374 e. The number of nitrogens with one attached hydrogen (secondary N) is 1. The van der Waals surface area contributed by atoms with Crippen LogP contribution in [0.5, 0.6) is 0 Å². The zero-order valence-electron chi connectivity index (χ0n) is 8.62. The van der Waals surface area contributed by atoms with Gasteiger partial charge in [-0.3, -0.25) is 9.59 Å². The molecule has 0 spiro atoms. The number of Topliss-reactive ketones (excluding diaryl/α,β-unsaturated/α-hetero) is 1. The molecule has 0 saturated heterocycles. The number of amides is 1. The van der Waals surface area contributed by atoms with Crippen LogP contribution in [0.15, 0.2) is 0 Å². The summed E-state index contributed by atoms with van der Waals surface area (Å²) in [5.74, 6) is -3.08. The quantitative estimate of drug-likeness (QED) is 0.425. The molecule has 15 heavy (non-hydrogen) atoms. The minimum atomic E-state index is -1.55. The Morgan fingerprint density at radius 1 is 1.33 bits per heavy atom. The first-order valence-electron chi connectivity index (χ1n) is 4.68. The Balaban J connectivity index is 3.49. The number of unbranched alkanes of at least 4 members (excludes halogenated alkanes) is 1. The molecular weight excluding hydrogens is 202 g/mol. The number of hydrogen-bond acceptors (Lipinski definition) is 4. The summed E-state index contributed by atoms with van der Waals surface area (Å²) in [4.78, 5) is 31.6. The van der Waals surface area contributed by atoms with Gasteiger partial charge in [-0.2, -0.15) is 0 Å². The van der Waals surface area contributed by atoms with Gasteiger partial charge in [0.25, 0.3) is 5.78 Å². The summed E-state index contributed by atoms with van der Waals surface area (Å²) in [6.45, 7) is 1.84. The first kappa shape index (κ1) is 13.6. The molecule has 0 bridgehead atoms. The highest BCUT2D eigenvalue weighted by Gasteiger charge is 2.12. The molecule has 0 fully saturated rings. The van der Waals surface area contributed by atoms with Gasteiger partial charge in [-0.1, -0.05) is 13.3 Å². The lowest BCUT2D eigenvalue weighted by Crippen LogP contribution is -2.35. The monoisotopic (exact) mass is 217 g/mol. The molecule has 0 unspecified atom stereocenters. The van der Waals surface area contributed by atoms with Crippen molar-refractivity contribution in [3.05, 3.63) is 0 Å². The van der Waals surface area contributed by atoms with Crippen molar-refractivity contribution in [2.24, 2.45) is 0 Å². The van der Waals surface area contributed by atoms with Crippen molar-refractivity contribution in [2.45, 2.75) is 19.8 Å². The topological polar surface area (TPSA) is 92.7 Å². The predicted molar refractivity (Wildman–Crippen MR) is 51.4 cm³/mol. The van der Waals surface area contributed by atoms with Crippen molar-refractivity contribution >= 4 is 17.7 Å². The third kappa shape index (κ3) is 7.63. The molecule has 0 aliphatic heterocycles. The number of ketones is 1. The van der Waals surface area contributed by atoms with Gasteiger partial charge in [0.1, 0.15) is 6.61 Å². The second kappa shape index (κ2) is 7.93. The first-order chi connectivity index (χ1) is 7.07. The molecule has 0 heterocycles. The third-order valence-corrected chi connectivity index (χ3v) is 1.56. The van der Waals surface area contributed by atoms with E-state index in [0.717, 1.165) is 12.8 Å². The van der Waals surface area contributed by atoms with Gasteiger partial charge in [0.05, 0.1) is 6.54 Å². The lowest BCUT2D eigenvalue weighted by molar-refractivity contribution is -0.148. The van der Waals surface area contributed by atoms with E-state index < -0.39 is 24.2 Å². The summed E-state index contributed by atoms with van der Waals surface area (Å²) in [6, 6.07) is 0. The number of carbonyl (C=O) groups is 3. The summed E-state index contributed by atoms with van der Waals surface area (Å²) in [6.07, 6.45) is 1.83. The summed E-state index contributed by atoms with van der Waals surface area (Å²) < 4.78 is 4.96. The highest BCUT2D eigenvalue weighted by molar-refractivity contribution is 6.33.